The van der Waals surface area contributed by atoms with Gasteiger partial charge in [0.05, 0.1) is 5.60 Å². The van der Waals surface area contributed by atoms with Crippen molar-refractivity contribution in [1.82, 2.24) is 5.32 Å². The van der Waals surface area contributed by atoms with Crippen molar-refractivity contribution in [2.45, 2.75) is 57.1 Å². The third-order valence-corrected chi connectivity index (χ3v) is 4.09. The number of methoxy groups -OCH3 is 1. The Hall–Kier alpha value is -0.520. The van der Waals surface area contributed by atoms with Gasteiger partial charge in [0, 0.05) is 19.6 Å². The maximum atomic E-state index is 5.85. The number of likely N-dealkylation sites (N-methyl/N-ethyl adjacent to an activating group) is 1. The van der Waals surface area contributed by atoms with Gasteiger partial charge in [-0.15, -0.1) is 12.3 Å². The summed E-state index contributed by atoms with van der Waals surface area (Å²) >= 11 is 0. The molecule has 1 saturated carbocycles. The summed E-state index contributed by atoms with van der Waals surface area (Å²) in [6, 6.07) is 0.390. The number of terminal acetylenes is 1. The fourth-order valence-corrected chi connectivity index (χ4v) is 2.84. The number of nitrogens with one attached hydrogen (secondary N) is 1. The first-order chi connectivity index (χ1) is 7.68. The molecule has 92 valence electrons. The van der Waals surface area contributed by atoms with Gasteiger partial charge in [-0.05, 0) is 45.1 Å². The van der Waals surface area contributed by atoms with Crippen molar-refractivity contribution >= 4 is 0 Å². The molecular weight excluding hydrogens is 198 g/mol. The average molecular weight is 223 g/mol. The molecule has 0 heterocycles. The molecule has 0 saturated heterocycles. The quantitative estimate of drug-likeness (QED) is 0.723. The Bertz CT molecular complexity index is 236. The van der Waals surface area contributed by atoms with Crippen molar-refractivity contribution in [3.8, 4) is 12.3 Å². The molecule has 1 N–H and O–H groups in total. The zero-order chi connectivity index (χ0) is 12.0. The van der Waals surface area contributed by atoms with Gasteiger partial charge in [0.25, 0.3) is 0 Å². The minimum atomic E-state index is 0.0120. The SMILES string of the molecule is C#CCCC(NC)C1(OC)CCC(C)CC1. The molecule has 1 aliphatic carbocycles. The van der Waals surface area contributed by atoms with Crippen molar-refractivity contribution < 1.29 is 4.74 Å². The first kappa shape index (κ1) is 13.5. The van der Waals surface area contributed by atoms with Crippen LogP contribution < -0.4 is 5.32 Å². The highest BCUT2D eigenvalue weighted by Crippen LogP contribution is 2.37. The molecule has 0 radical (unpaired) electrons. The summed E-state index contributed by atoms with van der Waals surface area (Å²) in [6.07, 6.45) is 12.0. The van der Waals surface area contributed by atoms with Crippen LogP contribution in [0.2, 0.25) is 0 Å². The van der Waals surface area contributed by atoms with Gasteiger partial charge in [0.1, 0.15) is 0 Å². The van der Waals surface area contributed by atoms with Crippen molar-refractivity contribution in [3.63, 3.8) is 0 Å². The predicted octanol–water partition coefficient (Wildman–Crippen LogP) is 2.58. The van der Waals surface area contributed by atoms with Crippen LogP contribution in [0.25, 0.3) is 0 Å². The monoisotopic (exact) mass is 223 g/mol. The molecule has 0 aromatic carbocycles. The van der Waals surface area contributed by atoms with Crippen molar-refractivity contribution in [2.75, 3.05) is 14.2 Å². The third-order valence-electron chi connectivity index (χ3n) is 4.09. The highest BCUT2D eigenvalue weighted by molar-refractivity contribution is 4.98. The van der Waals surface area contributed by atoms with Gasteiger partial charge in [-0.1, -0.05) is 6.92 Å². The Morgan fingerprint density at radius 3 is 2.56 bits per heavy atom. The Morgan fingerprint density at radius 2 is 2.12 bits per heavy atom. The van der Waals surface area contributed by atoms with Crippen LogP contribution in [0.1, 0.15) is 45.4 Å². The normalized spacial score (nSPS) is 32.0. The summed E-state index contributed by atoms with van der Waals surface area (Å²) in [7, 11) is 3.86. The molecule has 0 bridgehead atoms. The lowest BCUT2D eigenvalue weighted by molar-refractivity contribution is -0.0746. The van der Waals surface area contributed by atoms with Gasteiger partial charge < -0.3 is 10.1 Å². The zero-order valence-electron chi connectivity index (χ0n) is 10.9. The second-order valence-electron chi connectivity index (χ2n) is 5.04. The number of hydrogen-bond donors (Lipinski definition) is 1. The van der Waals surface area contributed by atoms with Crippen LogP contribution in [0, 0.1) is 18.3 Å². The van der Waals surface area contributed by atoms with Gasteiger partial charge in [-0.2, -0.15) is 0 Å². The lowest BCUT2D eigenvalue weighted by Crippen LogP contribution is -2.52. The van der Waals surface area contributed by atoms with Crippen LogP contribution in [0.3, 0.4) is 0 Å². The van der Waals surface area contributed by atoms with E-state index in [1.165, 1.54) is 12.8 Å². The Kier molecular flexibility index (Phi) is 5.31. The largest absolute Gasteiger partial charge is 0.377 e. The Morgan fingerprint density at radius 1 is 1.50 bits per heavy atom. The van der Waals surface area contributed by atoms with E-state index in [-0.39, 0.29) is 5.60 Å². The van der Waals surface area contributed by atoms with Gasteiger partial charge >= 0.3 is 0 Å². The van der Waals surface area contributed by atoms with E-state index in [9.17, 15) is 0 Å². The van der Waals surface area contributed by atoms with Crippen LogP contribution in [-0.2, 0) is 4.74 Å². The molecule has 2 nitrogen and oxygen atoms in total. The molecular formula is C14H25NO. The van der Waals surface area contributed by atoms with E-state index in [2.05, 4.69) is 18.2 Å². The number of hydrogen-bond acceptors (Lipinski definition) is 2. The molecule has 16 heavy (non-hydrogen) atoms. The highest BCUT2D eigenvalue weighted by atomic mass is 16.5. The maximum Gasteiger partial charge on any atom is 0.0831 e. The summed E-state index contributed by atoms with van der Waals surface area (Å²) in [5.41, 5.74) is 0.0120. The molecule has 0 amide bonds. The third kappa shape index (κ3) is 2.99. The van der Waals surface area contributed by atoms with Gasteiger partial charge in [-0.3, -0.25) is 0 Å². The molecule has 1 aliphatic rings. The first-order valence-electron chi connectivity index (χ1n) is 6.34. The maximum absolute atomic E-state index is 5.85. The smallest absolute Gasteiger partial charge is 0.0831 e. The number of rotatable bonds is 5. The van der Waals surface area contributed by atoms with E-state index >= 15 is 0 Å². The fraction of sp³-hybridized carbons (Fsp3) is 0.857. The van der Waals surface area contributed by atoms with E-state index in [4.69, 9.17) is 11.2 Å². The second kappa shape index (κ2) is 6.27. The Balaban J connectivity index is 2.65. The van der Waals surface area contributed by atoms with Crippen LogP contribution in [0.15, 0.2) is 0 Å². The van der Waals surface area contributed by atoms with Crippen LogP contribution in [0.4, 0.5) is 0 Å². The van der Waals surface area contributed by atoms with E-state index in [0.717, 1.165) is 31.6 Å². The van der Waals surface area contributed by atoms with Crippen LogP contribution in [-0.4, -0.2) is 25.8 Å². The molecule has 1 atom stereocenters. The molecule has 1 rings (SSSR count). The summed E-state index contributed by atoms with van der Waals surface area (Å²) in [4.78, 5) is 0. The highest BCUT2D eigenvalue weighted by Gasteiger charge is 2.40. The Labute approximate surface area is 100 Å². The molecule has 0 spiro atoms. The lowest BCUT2D eigenvalue weighted by atomic mass is 9.74. The molecule has 2 heteroatoms. The summed E-state index contributed by atoms with van der Waals surface area (Å²) in [6.45, 7) is 2.33. The molecule has 1 fully saturated rings. The second-order valence-corrected chi connectivity index (χ2v) is 5.04. The standard InChI is InChI=1S/C14H25NO/c1-5-6-7-13(15-3)14(16-4)10-8-12(2)9-11-14/h1,12-13,15H,6-11H2,2-4H3. The van der Waals surface area contributed by atoms with E-state index < -0.39 is 0 Å². The van der Waals surface area contributed by atoms with Crippen molar-refractivity contribution in [2.24, 2.45) is 5.92 Å². The summed E-state index contributed by atoms with van der Waals surface area (Å²) in [5.74, 6) is 3.57. The van der Waals surface area contributed by atoms with E-state index in [0.29, 0.717) is 6.04 Å². The van der Waals surface area contributed by atoms with E-state index in [1.807, 2.05) is 14.2 Å². The first-order valence-corrected chi connectivity index (χ1v) is 6.34. The van der Waals surface area contributed by atoms with Crippen LogP contribution >= 0.6 is 0 Å². The predicted molar refractivity (Wildman–Crippen MR) is 68.3 cm³/mol. The zero-order valence-corrected chi connectivity index (χ0v) is 10.9. The fourth-order valence-electron chi connectivity index (χ4n) is 2.84. The molecule has 0 aromatic rings. The topological polar surface area (TPSA) is 21.3 Å². The van der Waals surface area contributed by atoms with Crippen molar-refractivity contribution in [1.29, 1.82) is 0 Å². The minimum Gasteiger partial charge on any atom is -0.377 e. The molecule has 0 aromatic heterocycles. The van der Waals surface area contributed by atoms with E-state index in [1.54, 1.807) is 0 Å². The summed E-state index contributed by atoms with van der Waals surface area (Å²) < 4.78 is 5.85. The van der Waals surface area contributed by atoms with Crippen LogP contribution in [0.5, 0.6) is 0 Å². The molecule has 1 unspecified atom stereocenters. The average Bonchev–Trinajstić information content (AvgIpc) is 2.32. The summed E-state index contributed by atoms with van der Waals surface area (Å²) in [5, 5.41) is 3.39. The van der Waals surface area contributed by atoms with Gasteiger partial charge in [-0.25, -0.2) is 0 Å². The van der Waals surface area contributed by atoms with Gasteiger partial charge in [0.15, 0.2) is 0 Å². The lowest BCUT2D eigenvalue weighted by Gasteiger charge is -2.44. The number of ether oxygens (including phenoxy) is 1. The minimum absolute atomic E-state index is 0.0120. The van der Waals surface area contributed by atoms with Crippen molar-refractivity contribution in [3.05, 3.63) is 0 Å². The molecule has 0 aliphatic heterocycles. The van der Waals surface area contributed by atoms with Gasteiger partial charge in [0.2, 0.25) is 0 Å².